The molecule has 0 saturated carbocycles. The average Bonchev–Trinajstić information content (AvgIpc) is 2.85. The highest BCUT2D eigenvalue weighted by molar-refractivity contribution is 5.72. The van der Waals surface area contributed by atoms with Crippen LogP contribution in [0.25, 0.3) is 0 Å². The lowest BCUT2D eigenvalue weighted by atomic mass is 10.1. The van der Waals surface area contributed by atoms with Crippen LogP contribution in [0.5, 0.6) is 17.2 Å². The van der Waals surface area contributed by atoms with Gasteiger partial charge in [0.1, 0.15) is 30.5 Å². The molecule has 2 aromatic rings. The van der Waals surface area contributed by atoms with Crippen molar-refractivity contribution in [2.24, 2.45) is 0 Å². The molecule has 11 heteroatoms. The van der Waals surface area contributed by atoms with Gasteiger partial charge in [0.15, 0.2) is 6.10 Å². The molecule has 0 saturated heterocycles. The zero-order chi connectivity index (χ0) is 27.3. The molecule has 1 unspecified atom stereocenters. The Balaban J connectivity index is 1.93. The lowest BCUT2D eigenvalue weighted by Gasteiger charge is -2.22. The van der Waals surface area contributed by atoms with E-state index in [1.165, 1.54) is 12.0 Å². The van der Waals surface area contributed by atoms with Crippen molar-refractivity contribution in [1.82, 2.24) is 4.90 Å². The van der Waals surface area contributed by atoms with Gasteiger partial charge in [-0.1, -0.05) is 12.1 Å². The number of carboxylic acids is 1. The number of hydrogen-bond donors (Lipinski definition) is 1. The third-order valence-corrected chi connectivity index (χ3v) is 5.00. The fourth-order valence-corrected chi connectivity index (χ4v) is 3.16. The first-order valence-electron chi connectivity index (χ1n) is 11.7. The first-order chi connectivity index (χ1) is 17.6. The van der Waals surface area contributed by atoms with Crippen molar-refractivity contribution in [2.75, 3.05) is 46.6 Å². The van der Waals surface area contributed by atoms with E-state index in [4.69, 9.17) is 23.7 Å². The maximum atomic E-state index is 13.0. The Morgan fingerprint density at radius 2 is 1.57 bits per heavy atom. The number of nitrogens with zero attached hydrogens (tertiary/aromatic N) is 1. The van der Waals surface area contributed by atoms with Crippen molar-refractivity contribution in [2.45, 2.75) is 32.3 Å². The summed E-state index contributed by atoms with van der Waals surface area (Å²) in [5.41, 5.74) is 0.766. The predicted octanol–water partition coefficient (Wildman–Crippen LogP) is 4.28. The minimum Gasteiger partial charge on any atom is -0.497 e. The second-order valence-corrected chi connectivity index (χ2v) is 8.13. The molecule has 0 heterocycles. The zero-order valence-corrected chi connectivity index (χ0v) is 21.2. The lowest BCUT2D eigenvalue weighted by Crippen LogP contribution is -2.39. The highest BCUT2D eigenvalue weighted by Gasteiger charge is 2.22. The number of carboxylic acid groups (broad SMARTS) is 1. The molecule has 1 atom stereocenters. The summed E-state index contributed by atoms with van der Waals surface area (Å²) >= 11 is 0. The molecule has 2 rings (SSSR count). The van der Waals surface area contributed by atoms with Crippen LogP contribution in [0.1, 0.15) is 19.4 Å². The van der Waals surface area contributed by atoms with Crippen molar-refractivity contribution < 1.29 is 47.2 Å². The van der Waals surface area contributed by atoms with Gasteiger partial charge in [0, 0.05) is 26.5 Å². The topological polar surface area (TPSA) is 104 Å². The molecule has 0 aliphatic rings. The molecular formula is C26H33F2NO8. The van der Waals surface area contributed by atoms with Gasteiger partial charge >= 0.3 is 12.1 Å². The van der Waals surface area contributed by atoms with E-state index in [1.807, 2.05) is 0 Å². The average molecular weight is 526 g/mol. The summed E-state index contributed by atoms with van der Waals surface area (Å²) in [6.45, 7) is 2.12. The number of carbonyl (C=O) groups is 2. The van der Waals surface area contributed by atoms with Crippen LogP contribution in [0.4, 0.5) is 13.6 Å². The molecule has 0 spiro atoms. The zero-order valence-electron chi connectivity index (χ0n) is 21.2. The van der Waals surface area contributed by atoms with Crippen LogP contribution in [-0.2, 0) is 20.7 Å². The number of aliphatic carboxylic acids is 1. The molecule has 0 aromatic heterocycles. The Morgan fingerprint density at radius 1 is 0.973 bits per heavy atom. The molecule has 0 aliphatic carbocycles. The Hall–Kier alpha value is -3.44. The van der Waals surface area contributed by atoms with Crippen LogP contribution >= 0.6 is 0 Å². The summed E-state index contributed by atoms with van der Waals surface area (Å²) in [4.78, 5) is 25.3. The van der Waals surface area contributed by atoms with Crippen molar-refractivity contribution in [3.8, 4) is 17.2 Å². The molecular weight excluding hydrogens is 492 g/mol. The summed E-state index contributed by atoms with van der Waals surface area (Å²) in [5.74, 6) is -2.61. The quantitative estimate of drug-likeness (QED) is 0.324. The van der Waals surface area contributed by atoms with Gasteiger partial charge in [0.05, 0.1) is 20.3 Å². The number of alkyl halides is 2. The van der Waals surface area contributed by atoms with Crippen LogP contribution in [0.3, 0.4) is 0 Å². The molecule has 2 aromatic carbocycles. The standard InChI is InChI=1S/C26H33F2NO8/c1-4-35-23(24(30)31)17-19-5-7-21(8-6-19)36-16-14-29(13-15-34-18-26(2,27)28)25(32)37-22-11-9-20(33-3)10-12-22/h5-12,23H,4,13-18H2,1-3H3,(H,30,31). The van der Waals surface area contributed by atoms with E-state index in [-0.39, 0.29) is 32.7 Å². The Kier molecular flexibility index (Phi) is 12.0. The summed E-state index contributed by atoms with van der Waals surface area (Å²) in [6.07, 6.45) is -1.41. The normalized spacial score (nSPS) is 12.0. The molecule has 0 aliphatic heterocycles. The maximum absolute atomic E-state index is 13.0. The van der Waals surface area contributed by atoms with Crippen molar-refractivity contribution in [1.29, 1.82) is 0 Å². The van der Waals surface area contributed by atoms with E-state index in [0.717, 1.165) is 12.5 Å². The fourth-order valence-electron chi connectivity index (χ4n) is 3.16. The number of benzene rings is 2. The van der Waals surface area contributed by atoms with Crippen molar-refractivity contribution in [3.05, 3.63) is 54.1 Å². The number of hydrogen-bond acceptors (Lipinski definition) is 7. The molecule has 0 bridgehead atoms. The molecule has 1 amide bonds. The lowest BCUT2D eigenvalue weighted by molar-refractivity contribution is -0.149. The second-order valence-electron chi connectivity index (χ2n) is 8.13. The van der Waals surface area contributed by atoms with Crippen molar-refractivity contribution in [3.63, 3.8) is 0 Å². The van der Waals surface area contributed by atoms with Gasteiger partial charge < -0.3 is 33.7 Å². The smallest absolute Gasteiger partial charge is 0.415 e. The molecule has 0 radical (unpaired) electrons. The summed E-state index contributed by atoms with van der Waals surface area (Å²) < 4.78 is 52.4. The van der Waals surface area contributed by atoms with E-state index >= 15 is 0 Å². The van der Waals surface area contributed by atoms with Crippen LogP contribution < -0.4 is 14.2 Å². The van der Waals surface area contributed by atoms with Crippen LogP contribution in [-0.4, -0.2) is 80.7 Å². The SMILES string of the molecule is CCOC(Cc1ccc(OCCN(CCOCC(C)(F)F)C(=O)Oc2ccc(OC)cc2)cc1)C(=O)O. The molecule has 0 fully saturated rings. The first-order valence-corrected chi connectivity index (χ1v) is 11.7. The third kappa shape index (κ3) is 11.4. The molecule has 204 valence electrons. The predicted molar refractivity (Wildman–Crippen MR) is 131 cm³/mol. The largest absolute Gasteiger partial charge is 0.497 e. The molecule has 37 heavy (non-hydrogen) atoms. The van der Waals surface area contributed by atoms with E-state index in [0.29, 0.717) is 23.9 Å². The van der Waals surface area contributed by atoms with Crippen LogP contribution in [0.15, 0.2) is 48.5 Å². The number of halogens is 2. The highest BCUT2D eigenvalue weighted by atomic mass is 19.3. The van der Waals surface area contributed by atoms with E-state index in [9.17, 15) is 23.5 Å². The Labute approximate surface area is 214 Å². The van der Waals surface area contributed by atoms with E-state index < -0.39 is 30.7 Å². The van der Waals surface area contributed by atoms with Gasteiger partial charge in [0.25, 0.3) is 5.92 Å². The van der Waals surface area contributed by atoms with Crippen molar-refractivity contribution >= 4 is 12.1 Å². The van der Waals surface area contributed by atoms with Gasteiger partial charge in [-0.3, -0.25) is 0 Å². The number of methoxy groups -OCH3 is 1. The van der Waals surface area contributed by atoms with Gasteiger partial charge in [0.2, 0.25) is 0 Å². The molecule has 9 nitrogen and oxygen atoms in total. The van der Waals surface area contributed by atoms with Gasteiger partial charge in [-0.25, -0.2) is 18.4 Å². The fraction of sp³-hybridized carbons (Fsp3) is 0.462. The maximum Gasteiger partial charge on any atom is 0.415 e. The molecule has 1 N–H and O–H groups in total. The summed E-state index contributed by atoms with van der Waals surface area (Å²) in [5, 5.41) is 9.22. The Bertz CT molecular complexity index is 964. The summed E-state index contributed by atoms with van der Waals surface area (Å²) in [7, 11) is 1.52. The number of amides is 1. The van der Waals surface area contributed by atoms with Crippen LogP contribution in [0, 0.1) is 0 Å². The number of rotatable bonds is 16. The highest BCUT2D eigenvalue weighted by Crippen LogP contribution is 2.18. The summed E-state index contributed by atoms with van der Waals surface area (Å²) in [6, 6.07) is 13.3. The van der Waals surface area contributed by atoms with Gasteiger partial charge in [-0.15, -0.1) is 0 Å². The first kappa shape index (κ1) is 29.8. The van der Waals surface area contributed by atoms with Crippen LogP contribution in [0.2, 0.25) is 0 Å². The Morgan fingerprint density at radius 3 is 2.14 bits per heavy atom. The number of carbonyl (C=O) groups excluding carboxylic acids is 1. The minimum absolute atomic E-state index is 0.0152. The van der Waals surface area contributed by atoms with Gasteiger partial charge in [-0.05, 0) is 48.9 Å². The minimum atomic E-state index is -2.98. The van der Waals surface area contributed by atoms with E-state index in [1.54, 1.807) is 55.5 Å². The second kappa shape index (κ2) is 15.0. The number of ether oxygens (including phenoxy) is 5. The van der Waals surface area contributed by atoms with Gasteiger partial charge in [-0.2, -0.15) is 0 Å². The third-order valence-electron chi connectivity index (χ3n) is 5.00. The van der Waals surface area contributed by atoms with E-state index in [2.05, 4.69) is 0 Å². The monoisotopic (exact) mass is 525 g/mol.